The van der Waals surface area contributed by atoms with Crippen molar-refractivity contribution in [1.82, 2.24) is 0 Å². The first-order valence-corrected chi connectivity index (χ1v) is 8.64. The van der Waals surface area contributed by atoms with Crippen molar-refractivity contribution in [3.8, 4) is 0 Å². The number of hydrogen-bond donors (Lipinski definition) is 0. The van der Waals surface area contributed by atoms with E-state index in [1.807, 2.05) is 24.3 Å². The first-order chi connectivity index (χ1) is 11.5. The second-order valence-electron chi connectivity index (χ2n) is 5.51. The number of halogens is 1. The number of nitro groups is 1. The van der Waals surface area contributed by atoms with E-state index in [-0.39, 0.29) is 19.6 Å². The summed E-state index contributed by atoms with van der Waals surface area (Å²) in [5.41, 5.74) is 2.92. The Labute approximate surface area is 149 Å². The molecule has 1 aromatic carbocycles. The molecule has 0 amide bonds. The Balaban J connectivity index is 2.31. The van der Waals surface area contributed by atoms with Gasteiger partial charge in [-0.05, 0) is 42.2 Å². The highest BCUT2D eigenvalue weighted by Gasteiger charge is 2.25. The summed E-state index contributed by atoms with van der Waals surface area (Å²) >= 11 is 3.46. The number of nitrogens with zero attached hydrogens (tertiary/aromatic N) is 1. The van der Waals surface area contributed by atoms with Crippen molar-refractivity contribution in [3.63, 3.8) is 0 Å². The summed E-state index contributed by atoms with van der Waals surface area (Å²) in [6, 6.07) is 5.77. The third-order valence-electron chi connectivity index (χ3n) is 3.86. The SMILES string of the molecule is CCOC(=O)CC(C[N+](=O)[O-])c1cc(C2=CCOCC2)ccc1Br. The normalized spacial score (nSPS) is 15.5. The summed E-state index contributed by atoms with van der Waals surface area (Å²) in [6.07, 6.45) is 2.81. The monoisotopic (exact) mass is 397 g/mol. The molecule has 0 saturated heterocycles. The number of hydrogen-bond acceptors (Lipinski definition) is 5. The van der Waals surface area contributed by atoms with Crippen LogP contribution in [0.5, 0.6) is 0 Å². The number of rotatable bonds is 7. The van der Waals surface area contributed by atoms with Crippen molar-refractivity contribution >= 4 is 27.5 Å². The van der Waals surface area contributed by atoms with Gasteiger partial charge in [0.05, 0.1) is 32.2 Å². The van der Waals surface area contributed by atoms with Gasteiger partial charge in [-0.3, -0.25) is 14.9 Å². The Morgan fingerprint density at radius 2 is 2.29 bits per heavy atom. The summed E-state index contributed by atoms with van der Waals surface area (Å²) in [5.74, 6) is -0.958. The lowest BCUT2D eigenvalue weighted by Crippen LogP contribution is -2.18. The van der Waals surface area contributed by atoms with Crippen LogP contribution in [0, 0.1) is 10.1 Å². The summed E-state index contributed by atoms with van der Waals surface area (Å²) in [4.78, 5) is 22.5. The van der Waals surface area contributed by atoms with Crippen LogP contribution in [-0.4, -0.2) is 37.3 Å². The molecule has 1 heterocycles. The third kappa shape index (κ3) is 5.14. The van der Waals surface area contributed by atoms with Gasteiger partial charge in [-0.2, -0.15) is 0 Å². The summed E-state index contributed by atoms with van der Waals surface area (Å²) in [5, 5.41) is 11.0. The molecule has 0 aromatic heterocycles. The molecule has 0 fully saturated rings. The minimum Gasteiger partial charge on any atom is -0.466 e. The zero-order chi connectivity index (χ0) is 17.5. The van der Waals surface area contributed by atoms with Crippen molar-refractivity contribution in [2.45, 2.75) is 25.7 Å². The lowest BCUT2D eigenvalue weighted by atomic mass is 9.91. The van der Waals surface area contributed by atoms with Crippen LogP contribution >= 0.6 is 15.9 Å². The quantitative estimate of drug-likeness (QED) is 0.399. The molecule has 1 aromatic rings. The number of benzene rings is 1. The molecule has 1 aliphatic heterocycles. The maximum atomic E-state index is 11.8. The van der Waals surface area contributed by atoms with Crippen molar-refractivity contribution < 1.29 is 19.2 Å². The van der Waals surface area contributed by atoms with Gasteiger partial charge in [0.1, 0.15) is 0 Å². The Morgan fingerprint density at radius 3 is 2.92 bits per heavy atom. The number of carbonyl (C=O) groups is 1. The minimum atomic E-state index is -0.534. The Kier molecular flexibility index (Phi) is 6.93. The van der Waals surface area contributed by atoms with E-state index in [1.54, 1.807) is 6.92 Å². The second kappa shape index (κ2) is 8.94. The van der Waals surface area contributed by atoms with Gasteiger partial charge in [0.25, 0.3) is 0 Å². The zero-order valence-corrected chi connectivity index (χ0v) is 15.1. The van der Waals surface area contributed by atoms with Crippen LogP contribution in [0.3, 0.4) is 0 Å². The number of ether oxygens (including phenoxy) is 2. The largest absolute Gasteiger partial charge is 0.466 e. The first kappa shape index (κ1) is 18.6. The van der Waals surface area contributed by atoms with Gasteiger partial charge in [0, 0.05) is 9.40 Å². The standard InChI is InChI=1S/C17H20BrNO5/c1-2-24-17(20)10-14(11-19(21)22)15-9-13(3-4-16(15)18)12-5-7-23-8-6-12/h3-5,9,14H,2,6-8,10-11H2,1H3. The predicted molar refractivity (Wildman–Crippen MR) is 93.4 cm³/mol. The van der Waals surface area contributed by atoms with Crippen LogP contribution in [0.2, 0.25) is 0 Å². The van der Waals surface area contributed by atoms with Crippen LogP contribution in [-0.2, 0) is 14.3 Å². The lowest BCUT2D eigenvalue weighted by Gasteiger charge is -2.18. The fourth-order valence-corrected chi connectivity index (χ4v) is 3.29. The van der Waals surface area contributed by atoms with Gasteiger partial charge in [0.15, 0.2) is 0 Å². The molecular formula is C17H20BrNO5. The summed E-state index contributed by atoms with van der Waals surface area (Å²) in [7, 11) is 0. The van der Waals surface area contributed by atoms with Gasteiger partial charge in [-0.1, -0.05) is 28.1 Å². The predicted octanol–water partition coefficient (Wildman–Crippen LogP) is 3.57. The molecule has 6 nitrogen and oxygen atoms in total. The third-order valence-corrected chi connectivity index (χ3v) is 4.58. The molecule has 0 aliphatic carbocycles. The molecule has 130 valence electrons. The van der Waals surface area contributed by atoms with Crippen molar-refractivity contribution in [2.75, 3.05) is 26.4 Å². The van der Waals surface area contributed by atoms with Crippen molar-refractivity contribution in [1.29, 1.82) is 0 Å². The van der Waals surface area contributed by atoms with E-state index < -0.39 is 16.8 Å². The van der Waals surface area contributed by atoms with Crippen LogP contribution in [0.15, 0.2) is 28.7 Å². The average Bonchev–Trinajstić information content (AvgIpc) is 2.55. The Hall–Kier alpha value is -1.73. The first-order valence-electron chi connectivity index (χ1n) is 7.85. The molecule has 7 heteroatoms. The zero-order valence-electron chi connectivity index (χ0n) is 13.5. The summed E-state index contributed by atoms with van der Waals surface area (Å²) < 4.78 is 11.0. The smallest absolute Gasteiger partial charge is 0.306 e. The molecule has 0 spiro atoms. The molecule has 0 N–H and O–H groups in total. The van der Waals surface area contributed by atoms with E-state index in [1.165, 1.54) is 0 Å². The van der Waals surface area contributed by atoms with Crippen LogP contribution in [0.4, 0.5) is 0 Å². The lowest BCUT2D eigenvalue weighted by molar-refractivity contribution is -0.483. The van der Waals surface area contributed by atoms with Gasteiger partial charge in [-0.25, -0.2) is 0 Å². The van der Waals surface area contributed by atoms with E-state index in [0.29, 0.717) is 13.2 Å². The van der Waals surface area contributed by atoms with Gasteiger partial charge >= 0.3 is 5.97 Å². The van der Waals surface area contributed by atoms with Gasteiger partial charge in [0.2, 0.25) is 6.54 Å². The van der Waals surface area contributed by atoms with Crippen molar-refractivity contribution in [3.05, 3.63) is 50.0 Å². The topological polar surface area (TPSA) is 78.7 Å². The van der Waals surface area contributed by atoms with Crippen molar-refractivity contribution in [2.24, 2.45) is 0 Å². The van der Waals surface area contributed by atoms with E-state index in [2.05, 4.69) is 15.9 Å². The average molecular weight is 398 g/mol. The molecule has 0 saturated carbocycles. The van der Waals surface area contributed by atoms with Crippen LogP contribution in [0.1, 0.15) is 36.8 Å². The van der Waals surface area contributed by atoms with Gasteiger partial charge < -0.3 is 9.47 Å². The van der Waals surface area contributed by atoms with E-state index >= 15 is 0 Å². The molecule has 24 heavy (non-hydrogen) atoms. The summed E-state index contributed by atoms with van der Waals surface area (Å²) in [6.45, 7) is 2.90. The molecule has 0 bridgehead atoms. The van der Waals surface area contributed by atoms with E-state index in [9.17, 15) is 14.9 Å². The second-order valence-corrected chi connectivity index (χ2v) is 6.37. The van der Waals surface area contributed by atoms with Gasteiger partial charge in [-0.15, -0.1) is 0 Å². The highest BCUT2D eigenvalue weighted by Crippen LogP contribution is 2.32. The molecule has 2 rings (SSSR count). The maximum Gasteiger partial charge on any atom is 0.306 e. The van der Waals surface area contributed by atoms with E-state index in [0.717, 1.165) is 27.6 Å². The van der Waals surface area contributed by atoms with E-state index in [4.69, 9.17) is 9.47 Å². The molecule has 0 radical (unpaired) electrons. The molecule has 1 atom stereocenters. The molecule has 1 aliphatic rings. The molecule has 1 unspecified atom stereocenters. The van der Waals surface area contributed by atoms with Crippen LogP contribution < -0.4 is 0 Å². The van der Waals surface area contributed by atoms with Crippen LogP contribution in [0.25, 0.3) is 5.57 Å². The fourth-order valence-electron chi connectivity index (χ4n) is 2.72. The maximum absolute atomic E-state index is 11.8. The Morgan fingerprint density at radius 1 is 1.50 bits per heavy atom. The highest BCUT2D eigenvalue weighted by molar-refractivity contribution is 9.10. The molecular weight excluding hydrogens is 378 g/mol. The number of carbonyl (C=O) groups excluding carboxylic acids is 1. The minimum absolute atomic E-state index is 0.0148. The highest BCUT2D eigenvalue weighted by atomic mass is 79.9. The number of esters is 1. The fraction of sp³-hybridized carbons (Fsp3) is 0.471. The Bertz CT molecular complexity index is 644.